The van der Waals surface area contributed by atoms with Crippen molar-refractivity contribution in [2.75, 3.05) is 25.5 Å². The van der Waals surface area contributed by atoms with Crippen LogP contribution in [0.2, 0.25) is 0 Å². The minimum atomic E-state index is -0.199. The second-order valence-electron chi connectivity index (χ2n) is 7.10. The lowest BCUT2D eigenvalue weighted by Gasteiger charge is -2.22. The molecule has 1 aromatic heterocycles. The number of carbonyl (C=O) groups is 2. The van der Waals surface area contributed by atoms with Crippen LogP contribution in [0.5, 0.6) is 5.75 Å². The van der Waals surface area contributed by atoms with E-state index in [1.807, 2.05) is 38.1 Å². The predicted octanol–water partition coefficient (Wildman–Crippen LogP) is 4.40. The summed E-state index contributed by atoms with van der Waals surface area (Å²) in [6.07, 6.45) is 0.987. The van der Waals surface area contributed by atoms with Crippen molar-refractivity contribution in [3.63, 3.8) is 0 Å². The van der Waals surface area contributed by atoms with Gasteiger partial charge in [0.15, 0.2) is 0 Å². The van der Waals surface area contributed by atoms with Gasteiger partial charge in [0.1, 0.15) is 10.8 Å². The number of rotatable bonds is 9. The van der Waals surface area contributed by atoms with E-state index in [9.17, 15) is 9.59 Å². The number of nitrogens with one attached hydrogen (secondary N) is 1. The number of ether oxygens (including phenoxy) is 1. The molecule has 3 aromatic rings. The molecular weight excluding hydrogens is 412 g/mol. The number of nitrogens with zero attached hydrogens (tertiary/aromatic N) is 3. The highest BCUT2D eigenvalue weighted by atomic mass is 32.1. The Bertz CT molecular complexity index is 1030. The zero-order valence-corrected chi connectivity index (χ0v) is 18.7. The van der Waals surface area contributed by atoms with Gasteiger partial charge in [-0.3, -0.25) is 9.59 Å². The molecule has 1 heterocycles. The number of aryl methyl sites for hydroxylation is 1. The second kappa shape index (κ2) is 10.7. The van der Waals surface area contributed by atoms with Crippen molar-refractivity contribution in [2.45, 2.75) is 26.7 Å². The van der Waals surface area contributed by atoms with E-state index in [2.05, 4.69) is 15.5 Å². The summed E-state index contributed by atoms with van der Waals surface area (Å²) in [6, 6.07) is 15.0. The lowest BCUT2D eigenvalue weighted by atomic mass is 10.1. The number of hydrogen-bond donors (Lipinski definition) is 1. The third-order valence-corrected chi connectivity index (χ3v) is 5.55. The van der Waals surface area contributed by atoms with Crippen molar-refractivity contribution >= 4 is 28.3 Å². The highest BCUT2D eigenvalue weighted by Crippen LogP contribution is 2.26. The fourth-order valence-electron chi connectivity index (χ4n) is 3.09. The van der Waals surface area contributed by atoms with Crippen LogP contribution in [-0.2, 0) is 4.79 Å². The Morgan fingerprint density at radius 1 is 1.10 bits per heavy atom. The Morgan fingerprint density at radius 2 is 1.87 bits per heavy atom. The maximum absolute atomic E-state index is 12.8. The molecule has 0 radical (unpaired) electrons. The number of aromatic nitrogens is 2. The Hall–Kier alpha value is -3.26. The van der Waals surface area contributed by atoms with E-state index < -0.39 is 0 Å². The number of benzene rings is 2. The zero-order valence-electron chi connectivity index (χ0n) is 17.9. The van der Waals surface area contributed by atoms with E-state index in [1.165, 1.54) is 11.3 Å². The third kappa shape index (κ3) is 6.11. The fraction of sp³-hybridized carbons (Fsp3) is 0.304. The molecule has 8 heteroatoms. The molecule has 0 spiro atoms. The lowest BCUT2D eigenvalue weighted by molar-refractivity contribution is -0.116. The predicted molar refractivity (Wildman–Crippen MR) is 123 cm³/mol. The smallest absolute Gasteiger partial charge is 0.253 e. The Balaban J connectivity index is 1.58. The number of amides is 2. The highest BCUT2D eigenvalue weighted by Gasteiger charge is 2.17. The molecule has 2 aromatic carbocycles. The molecule has 0 atom stereocenters. The highest BCUT2D eigenvalue weighted by molar-refractivity contribution is 7.18. The Kier molecular flexibility index (Phi) is 7.72. The van der Waals surface area contributed by atoms with Crippen LogP contribution in [0.3, 0.4) is 0 Å². The summed E-state index contributed by atoms with van der Waals surface area (Å²) in [5, 5.41) is 12.2. The topological polar surface area (TPSA) is 84.4 Å². The molecular formula is C23H26N4O3S. The summed E-state index contributed by atoms with van der Waals surface area (Å²) in [5.74, 6) is 0.394. The summed E-state index contributed by atoms with van der Waals surface area (Å²) in [4.78, 5) is 27.0. The standard InChI is InChI=1S/C23H26N4O3S/c1-4-13-27(22(29)17-8-10-19(30-3)11-9-17)14-12-20(28)24-23-26-25-21(31-23)18-7-5-6-16(2)15-18/h5-11,15H,4,12-14H2,1-3H3,(H,24,26,28). The molecule has 0 bridgehead atoms. The van der Waals surface area contributed by atoms with Crippen molar-refractivity contribution in [2.24, 2.45) is 0 Å². The molecule has 0 aliphatic heterocycles. The average Bonchev–Trinajstić information content (AvgIpc) is 3.24. The SMILES string of the molecule is CCCN(CCC(=O)Nc1nnc(-c2cccc(C)c2)s1)C(=O)c1ccc(OC)cc1. The van der Waals surface area contributed by atoms with Gasteiger partial charge in [0, 0.05) is 30.6 Å². The van der Waals surface area contributed by atoms with Crippen LogP contribution < -0.4 is 10.1 Å². The normalized spacial score (nSPS) is 10.5. The molecule has 0 aliphatic rings. The largest absolute Gasteiger partial charge is 0.497 e. The fourth-order valence-corrected chi connectivity index (χ4v) is 3.84. The quantitative estimate of drug-likeness (QED) is 0.535. The summed E-state index contributed by atoms with van der Waals surface area (Å²) >= 11 is 1.33. The molecule has 0 fully saturated rings. The van der Waals surface area contributed by atoms with Crippen molar-refractivity contribution in [3.8, 4) is 16.3 Å². The van der Waals surface area contributed by atoms with Gasteiger partial charge >= 0.3 is 0 Å². The van der Waals surface area contributed by atoms with Gasteiger partial charge in [-0.1, -0.05) is 42.0 Å². The van der Waals surface area contributed by atoms with Gasteiger partial charge in [-0.15, -0.1) is 10.2 Å². The van der Waals surface area contributed by atoms with Crippen molar-refractivity contribution in [1.29, 1.82) is 0 Å². The van der Waals surface area contributed by atoms with Gasteiger partial charge in [-0.05, 0) is 43.7 Å². The van der Waals surface area contributed by atoms with Gasteiger partial charge in [0.25, 0.3) is 5.91 Å². The zero-order chi connectivity index (χ0) is 22.2. The van der Waals surface area contributed by atoms with E-state index in [1.54, 1.807) is 36.3 Å². The van der Waals surface area contributed by atoms with Crippen LogP contribution in [0.15, 0.2) is 48.5 Å². The lowest BCUT2D eigenvalue weighted by Crippen LogP contribution is -2.34. The average molecular weight is 439 g/mol. The van der Waals surface area contributed by atoms with Crippen LogP contribution >= 0.6 is 11.3 Å². The Morgan fingerprint density at radius 3 is 2.55 bits per heavy atom. The molecule has 7 nitrogen and oxygen atoms in total. The van der Waals surface area contributed by atoms with Crippen molar-refractivity contribution in [3.05, 3.63) is 59.7 Å². The molecule has 1 N–H and O–H groups in total. The minimum absolute atomic E-state index is 0.102. The van der Waals surface area contributed by atoms with Crippen LogP contribution in [0.25, 0.3) is 10.6 Å². The first-order valence-corrected chi connectivity index (χ1v) is 11.0. The first-order chi connectivity index (χ1) is 15.0. The van der Waals surface area contributed by atoms with E-state index in [4.69, 9.17) is 4.74 Å². The number of anilines is 1. The van der Waals surface area contributed by atoms with E-state index in [0.29, 0.717) is 29.5 Å². The van der Waals surface area contributed by atoms with Gasteiger partial charge in [0.05, 0.1) is 7.11 Å². The maximum atomic E-state index is 12.8. The van der Waals surface area contributed by atoms with Crippen LogP contribution in [0.1, 0.15) is 35.7 Å². The number of hydrogen-bond acceptors (Lipinski definition) is 6. The monoisotopic (exact) mass is 438 g/mol. The second-order valence-corrected chi connectivity index (χ2v) is 8.08. The van der Waals surface area contributed by atoms with Gasteiger partial charge in [0.2, 0.25) is 11.0 Å². The van der Waals surface area contributed by atoms with Crippen molar-refractivity contribution in [1.82, 2.24) is 15.1 Å². The summed E-state index contributed by atoms with van der Waals surface area (Å²) in [5.41, 5.74) is 2.68. The maximum Gasteiger partial charge on any atom is 0.253 e. The molecule has 0 unspecified atom stereocenters. The van der Waals surface area contributed by atoms with E-state index in [-0.39, 0.29) is 18.2 Å². The summed E-state index contributed by atoms with van der Waals surface area (Å²) in [6.45, 7) is 4.92. The van der Waals surface area contributed by atoms with Crippen LogP contribution in [-0.4, -0.2) is 47.1 Å². The molecule has 162 valence electrons. The summed E-state index contributed by atoms with van der Waals surface area (Å²) in [7, 11) is 1.58. The van der Waals surface area contributed by atoms with Gasteiger partial charge in [-0.2, -0.15) is 0 Å². The Labute approximate surface area is 186 Å². The first kappa shape index (κ1) is 22.4. The van der Waals surface area contributed by atoms with Crippen LogP contribution in [0, 0.1) is 6.92 Å². The number of carbonyl (C=O) groups excluding carboxylic acids is 2. The van der Waals surface area contributed by atoms with Crippen molar-refractivity contribution < 1.29 is 14.3 Å². The molecule has 0 aliphatic carbocycles. The number of methoxy groups -OCH3 is 1. The molecule has 31 heavy (non-hydrogen) atoms. The van der Waals surface area contributed by atoms with Crippen LogP contribution in [0.4, 0.5) is 5.13 Å². The van der Waals surface area contributed by atoms with Gasteiger partial charge in [-0.25, -0.2) is 0 Å². The molecule has 0 saturated carbocycles. The molecule has 3 rings (SSSR count). The first-order valence-electron chi connectivity index (χ1n) is 10.1. The molecule has 2 amide bonds. The summed E-state index contributed by atoms with van der Waals surface area (Å²) < 4.78 is 5.14. The van der Waals surface area contributed by atoms with E-state index in [0.717, 1.165) is 22.6 Å². The third-order valence-electron chi connectivity index (χ3n) is 4.66. The van der Waals surface area contributed by atoms with Gasteiger partial charge < -0.3 is 15.0 Å². The minimum Gasteiger partial charge on any atom is -0.497 e. The van der Waals surface area contributed by atoms with E-state index >= 15 is 0 Å². The molecule has 0 saturated heterocycles.